The predicted molar refractivity (Wildman–Crippen MR) is 120 cm³/mol. The fraction of sp³-hybridized carbons (Fsp3) is 0.346. The van der Waals surface area contributed by atoms with Crippen molar-refractivity contribution in [2.75, 3.05) is 6.61 Å². The van der Waals surface area contributed by atoms with Crippen molar-refractivity contribution in [2.24, 2.45) is 0 Å². The molecule has 4 nitrogen and oxygen atoms in total. The summed E-state index contributed by atoms with van der Waals surface area (Å²) in [6.07, 6.45) is 9.63. The first-order chi connectivity index (χ1) is 15.0. The van der Waals surface area contributed by atoms with Crippen LogP contribution in [-0.4, -0.2) is 17.3 Å². The van der Waals surface area contributed by atoms with E-state index in [0.29, 0.717) is 18.7 Å². The van der Waals surface area contributed by atoms with Crippen molar-refractivity contribution in [3.63, 3.8) is 0 Å². The smallest absolute Gasteiger partial charge is 0.243 e. The number of hydrogen-bond acceptors (Lipinski definition) is 2. The summed E-state index contributed by atoms with van der Waals surface area (Å²) in [7, 11) is 0. The number of aryl methyl sites for hydroxylation is 2. The zero-order valence-electron chi connectivity index (χ0n) is 18.4. The van der Waals surface area contributed by atoms with E-state index in [0.717, 1.165) is 25.1 Å². The normalized spacial score (nSPS) is 12.1. The number of imidazole rings is 1. The van der Waals surface area contributed by atoms with Crippen LogP contribution in [0, 0.1) is 5.82 Å². The lowest BCUT2D eigenvalue weighted by atomic mass is 10.1. The summed E-state index contributed by atoms with van der Waals surface area (Å²) in [5, 5.41) is 0. The predicted octanol–water partition coefficient (Wildman–Crippen LogP) is 5.28. The molecule has 3 aromatic rings. The fourth-order valence-corrected chi connectivity index (χ4v) is 3.50. The van der Waals surface area contributed by atoms with E-state index >= 15 is 0 Å². The number of benzene rings is 2. The average Bonchev–Trinajstić information content (AvgIpc) is 3.20. The molecule has 5 heteroatoms. The highest BCUT2D eigenvalue weighted by Gasteiger charge is 2.19. The number of aromatic nitrogens is 2. The molecule has 164 valence electrons. The summed E-state index contributed by atoms with van der Waals surface area (Å²) in [6.45, 7) is 9.59. The van der Waals surface area contributed by atoms with Crippen LogP contribution in [-0.2, 0) is 24.2 Å². The van der Waals surface area contributed by atoms with E-state index in [1.165, 1.54) is 11.6 Å². The van der Waals surface area contributed by atoms with Crippen LogP contribution in [0.3, 0.4) is 0 Å². The molecule has 1 heterocycles. The van der Waals surface area contributed by atoms with Crippen LogP contribution in [0.4, 0.5) is 4.39 Å². The highest BCUT2D eigenvalue weighted by Crippen LogP contribution is 2.21. The summed E-state index contributed by atoms with van der Waals surface area (Å²) >= 11 is 0. The molecule has 0 aliphatic carbocycles. The molecule has 0 spiro atoms. The summed E-state index contributed by atoms with van der Waals surface area (Å²) in [6, 6.07) is 15.1. The van der Waals surface area contributed by atoms with Gasteiger partial charge in [-0.1, -0.05) is 36.4 Å². The number of hydrogen-bond donors (Lipinski definition) is 0. The van der Waals surface area contributed by atoms with E-state index in [1.54, 1.807) is 18.2 Å². The van der Waals surface area contributed by atoms with E-state index in [9.17, 15) is 4.39 Å². The number of rotatable bonds is 12. The average molecular weight is 424 g/mol. The molecule has 0 aliphatic heterocycles. The lowest BCUT2D eigenvalue weighted by molar-refractivity contribution is -0.704. The zero-order chi connectivity index (χ0) is 22.1. The molecule has 0 aliphatic rings. The van der Waals surface area contributed by atoms with E-state index in [-0.39, 0.29) is 18.0 Å². The molecular formula is C26H32FN2O2+. The van der Waals surface area contributed by atoms with Gasteiger partial charge in [-0.3, -0.25) is 0 Å². The Bertz CT molecular complexity index is 950. The van der Waals surface area contributed by atoms with Crippen molar-refractivity contribution in [2.45, 2.75) is 52.0 Å². The maximum absolute atomic E-state index is 14.3. The minimum atomic E-state index is -0.369. The quantitative estimate of drug-likeness (QED) is 0.293. The molecule has 0 N–H and O–H groups in total. The van der Waals surface area contributed by atoms with Crippen LogP contribution in [0.5, 0.6) is 5.75 Å². The maximum atomic E-state index is 14.3. The third-order valence-electron chi connectivity index (χ3n) is 4.97. The Morgan fingerprint density at radius 3 is 2.61 bits per heavy atom. The minimum absolute atomic E-state index is 0.187. The van der Waals surface area contributed by atoms with Crippen LogP contribution in [0.15, 0.2) is 79.9 Å². The van der Waals surface area contributed by atoms with E-state index in [1.807, 2.05) is 55.3 Å². The maximum Gasteiger partial charge on any atom is 0.243 e. The van der Waals surface area contributed by atoms with Gasteiger partial charge in [0.15, 0.2) is 0 Å². The van der Waals surface area contributed by atoms with Gasteiger partial charge in [-0.25, -0.2) is 13.5 Å². The van der Waals surface area contributed by atoms with Gasteiger partial charge in [-0.15, -0.1) is 6.58 Å². The molecule has 3 rings (SSSR count). The van der Waals surface area contributed by atoms with Crippen LogP contribution in [0.1, 0.15) is 37.5 Å². The Hall–Kier alpha value is -2.92. The van der Waals surface area contributed by atoms with Gasteiger partial charge in [-0.05, 0) is 50.5 Å². The summed E-state index contributed by atoms with van der Waals surface area (Å²) < 4.78 is 30.0. The minimum Gasteiger partial charge on any atom is -0.491 e. The molecule has 0 radical (unpaired) electrons. The van der Waals surface area contributed by atoms with Gasteiger partial charge in [0.2, 0.25) is 6.33 Å². The second-order valence-corrected chi connectivity index (χ2v) is 7.89. The van der Waals surface area contributed by atoms with Gasteiger partial charge in [0.05, 0.1) is 19.3 Å². The highest BCUT2D eigenvalue weighted by molar-refractivity contribution is 5.27. The molecule has 0 saturated carbocycles. The lowest BCUT2D eigenvalue weighted by Crippen LogP contribution is -2.36. The molecule has 1 atom stereocenters. The molecule has 0 fully saturated rings. The summed E-state index contributed by atoms with van der Waals surface area (Å²) in [5.74, 6) is 0.662. The molecule has 0 bridgehead atoms. The molecule has 2 aromatic carbocycles. The van der Waals surface area contributed by atoms with Crippen molar-refractivity contribution in [3.05, 3.63) is 96.9 Å². The van der Waals surface area contributed by atoms with Gasteiger partial charge in [0.1, 0.15) is 36.6 Å². The lowest BCUT2D eigenvalue weighted by Gasteiger charge is -2.16. The topological polar surface area (TPSA) is 27.3 Å². The van der Waals surface area contributed by atoms with Gasteiger partial charge >= 0.3 is 0 Å². The summed E-state index contributed by atoms with van der Waals surface area (Å²) in [5.41, 5.74) is 1.86. The molecule has 31 heavy (non-hydrogen) atoms. The fourth-order valence-electron chi connectivity index (χ4n) is 3.50. The van der Waals surface area contributed by atoms with Crippen molar-refractivity contribution in [1.29, 1.82) is 0 Å². The Balaban J connectivity index is 1.54. The number of ether oxygens (including phenoxy) is 2. The Morgan fingerprint density at radius 1 is 1.13 bits per heavy atom. The Morgan fingerprint density at radius 2 is 1.90 bits per heavy atom. The van der Waals surface area contributed by atoms with Gasteiger partial charge in [0, 0.05) is 5.56 Å². The van der Waals surface area contributed by atoms with Crippen molar-refractivity contribution >= 4 is 0 Å². The zero-order valence-corrected chi connectivity index (χ0v) is 18.4. The van der Waals surface area contributed by atoms with Gasteiger partial charge < -0.3 is 9.47 Å². The monoisotopic (exact) mass is 423 g/mol. The third-order valence-corrected chi connectivity index (χ3v) is 4.97. The van der Waals surface area contributed by atoms with Crippen molar-refractivity contribution < 1.29 is 18.4 Å². The van der Waals surface area contributed by atoms with Crippen LogP contribution in [0.25, 0.3) is 0 Å². The molecule has 0 saturated heterocycles. The first kappa shape index (κ1) is 22.8. The first-order valence-electron chi connectivity index (χ1n) is 10.8. The van der Waals surface area contributed by atoms with Crippen LogP contribution >= 0.6 is 0 Å². The van der Waals surface area contributed by atoms with E-state index in [2.05, 4.69) is 23.3 Å². The van der Waals surface area contributed by atoms with Crippen LogP contribution < -0.4 is 9.30 Å². The van der Waals surface area contributed by atoms with Gasteiger partial charge in [0.25, 0.3) is 0 Å². The molecule has 0 amide bonds. The second-order valence-electron chi connectivity index (χ2n) is 7.89. The Kier molecular flexibility index (Phi) is 8.42. The number of nitrogens with zero attached hydrogens (tertiary/aromatic N) is 2. The second kappa shape index (κ2) is 11.5. The largest absolute Gasteiger partial charge is 0.491 e. The van der Waals surface area contributed by atoms with Crippen molar-refractivity contribution in [3.8, 4) is 5.75 Å². The Labute approximate surface area is 184 Å². The summed E-state index contributed by atoms with van der Waals surface area (Å²) in [4.78, 5) is 0. The molecule has 1 unspecified atom stereocenters. The third kappa shape index (κ3) is 7.07. The highest BCUT2D eigenvalue weighted by atomic mass is 19.1. The SMILES string of the molecule is C=CCOC(C[n+]1ccn(CCCc2ccc(OC(C)C)cc2)c1)c1ccccc1F. The van der Waals surface area contributed by atoms with Crippen molar-refractivity contribution in [1.82, 2.24) is 4.57 Å². The van der Waals surface area contributed by atoms with Gasteiger partial charge in [-0.2, -0.15) is 0 Å². The molecule has 1 aromatic heterocycles. The number of halogens is 1. The van der Waals surface area contributed by atoms with Crippen LogP contribution in [0.2, 0.25) is 0 Å². The van der Waals surface area contributed by atoms with E-state index in [4.69, 9.17) is 9.47 Å². The first-order valence-corrected chi connectivity index (χ1v) is 10.8. The standard InChI is InChI=1S/C26H32FN2O2/c1-4-18-30-26(24-9-5-6-10-25(24)27)19-29-17-16-28(20-29)15-7-8-22-11-13-23(14-12-22)31-21(2)3/h4-6,9-14,16-17,20-21,26H,1,7-8,15,18-19H2,2-3H3/q+1. The molecular weight excluding hydrogens is 391 g/mol. The van der Waals surface area contributed by atoms with E-state index < -0.39 is 0 Å².